The molecule has 260 valence electrons. The molecule has 1 unspecified atom stereocenters. The van der Waals surface area contributed by atoms with E-state index in [1.165, 1.54) is 57.4 Å². The summed E-state index contributed by atoms with van der Waals surface area (Å²) in [7, 11) is -1.44. The van der Waals surface area contributed by atoms with E-state index in [-0.39, 0.29) is 6.10 Å². The summed E-state index contributed by atoms with van der Waals surface area (Å²) in [6.45, 7) is 16.3. The maximum absolute atomic E-state index is 12.6. The second-order valence-electron chi connectivity index (χ2n) is 14.0. The highest BCUT2D eigenvalue weighted by Crippen LogP contribution is 2.23. The molecule has 0 spiro atoms. The molecule has 0 saturated heterocycles. The highest BCUT2D eigenvalue weighted by molar-refractivity contribution is 6.84. The van der Waals surface area contributed by atoms with Crippen molar-refractivity contribution in [2.45, 2.75) is 155 Å². The van der Waals surface area contributed by atoms with Gasteiger partial charge in [-0.3, -0.25) is 10.6 Å². The van der Waals surface area contributed by atoms with E-state index in [2.05, 4.69) is 50.3 Å². The Morgan fingerprint density at radius 1 is 0.778 bits per heavy atom. The van der Waals surface area contributed by atoms with Gasteiger partial charge in [0.15, 0.2) is 16.6 Å². The molecule has 2 N–H and O–H groups in total. The smallest absolute Gasteiger partial charge is 0.411 e. The molecule has 1 atom stereocenters. The molecular formula is C35H66N2O6Si2. The van der Waals surface area contributed by atoms with E-state index in [0.717, 1.165) is 50.5 Å². The summed E-state index contributed by atoms with van der Waals surface area (Å²) in [5.41, 5.74) is 2.06. The maximum atomic E-state index is 12.6. The van der Waals surface area contributed by atoms with Crippen molar-refractivity contribution in [3.05, 3.63) is 23.8 Å². The first-order valence-electron chi connectivity index (χ1n) is 17.6. The van der Waals surface area contributed by atoms with Crippen molar-refractivity contribution < 1.29 is 27.9 Å². The lowest BCUT2D eigenvalue weighted by Gasteiger charge is -2.31. The van der Waals surface area contributed by atoms with Crippen LogP contribution in [0.25, 0.3) is 0 Å². The summed E-state index contributed by atoms with van der Waals surface area (Å²) < 4.78 is 22.7. The Kier molecular flexibility index (Phi) is 21.4. The lowest BCUT2D eigenvalue weighted by Crippen LogP contribution is -2.42. The van der Waals surface area contributed by atoms with Crippen LogP contribution in [0, 0.1) is 6.92 Å². The Labute approximate surface area is 277 Å². The summed E-state index contributed by atoms with van der Waals surface area (Å²) in [6.07, 6.45) is 16.4. The van der Waals surface area contributed by atoms with E-state index in [4.69, 9.17) is 18.3 Å². The molecule has 45 heavy (non-hydrogen) atoms. The number of unbranched alkanes of at least 4 members (excludes halogenated alkanes) is 12. The molecule has 0 saturated carbocycles. The summed E-state index contributed by atoms with van der Waals surface area (Å²) >= 11 is 0. The second-order valence-corrected chi connectivity index (χ2v) is 23.1. The first kappa shape index (κ1) is 41.1. The van der Waals surface area contributed by atoms with Crippen molar-refractivity contribution in [1.82, 2.24) is 0 Å². The molecule has 0 heterocycles. The number of rotatable bonds is 25. The van der Waals surface area contributed by atoms with Gasteiger partial charge in [0.2, 0.25) is 0 Å². The lowest BCUT2D eigenvalue weighted by atomic mass is 10.0. The van der Waals surface area contributed by atoms with Crippen molar-refractivity contribution in [3.63, 3.8) is 0 Å². The van der Waals surface area contributed by atoms with E-state index >= 15 is 0 Å². The van der Waals surface area contributed by atoms with Crippen LogP contribution in [0.4, 0.5) is 21.0 Å². The lowest BCUT2D eigenvalue weighted by molar-refractivity contribution is 0.0403. The Balaban J connectivity index is 2.30. The van der Waals surface area contributed by atoms with E-state index < -0.39 is 28.8 Å². The average Bonchev–Trinajstić information content (AvgIpc) is 2.93. The Morgan fingerprint density at radius 3 is 1.98 bits per heavy atom. The first-order chi connectivity index (χ1) is 21.3. The minimum atomic E-state index is -1.58. The predicted octanol–water partition coefficient (Wildman–Crippen LogP) is 11.0. The van der Waals surface area contributed by atoms with Crippen LogP contribution in [0.2, 0.25) is 38.8 Å². The highest BCUT2D eigenvalue weighted by atomic mass is 28.4. The molecule has 8 nitrogen and oxygen atoms in total. The number of amides is 2. The number of methoxy groups -OCH3 is 1. The predicted molar refractivity (Wildman–Crippen MR) is 194 cm³/mol. The van der Waals surface area contributed by atoms with Gasteiger partial charge in [-0.15, -0.1) is 0 Å². The van der Waals surface area contributed by atoms with Crippen molar-refractivity contribution in [3.8, 4) is 0 Å². The second kappa shape index (κ2) is 23.4. The summed E-state index contributed by atoms with van der Waals surface area (Å²) in [5, 5.41) is 5.61. The van der Waals surface area contributed by atoms with Crippen molar-refractivity contribution in [2.75, 3.05) is 31.0 Å². The van der Waals surface area contributed by atoms with Crippen molar-refractivity contribution in [1.29, 1.82) is 0 Å². The fourth-order valence-corrected chi connectivity index (χ4v) is 13.7. The van der Waals surface area contributed by atoms with Gasteiger partial charge in [-0.25, -0.2) is 9.59 Å². The zero-order valence-corrected chi connectivity index (χ0v) is 32.0. The van der Waals surface area contributed by atoms with Crippen molar-refractivity contribution in [2.24, 2.45) is 0 Å². The molecule has 0 aliphatic carbocycles. The van der Waals surface area contributed by atoms with Crippen molar-refractivity contribution >= 4 is 40.2 Å². The van der Waals surface area contributed by atoms with E-state index in [1.54, 1.807) is 19.2 Å². The highest BCUT2D eigenvalue weighted by Gasteiger charge is 2.28. The molecular weight excluding hydrogens is 601 g/mol. The molecule has 0 aliphatic rings. The number of hydrogen-bond donors (Lipinski definition) is 2. The first-order valence-corrected chi connectivity index (χ1v) is 24.1. The monoisotopic (exact) mass is 666 g/mol. The molecule has 1 rings (SSSR count). The van der Waals surface area contributed by atoms with Crippen LogP contribution in [0.3, 0.4) is 0 Å². The summed E-state index contributed by atoms with van der Waals surface area (Å²) in [6, 6.07) is 6.49. The minimum Gasteiger partial charge on any atom is -0.456 e. The standard InChI is InChI=1S/C35H66N2O6Si2/c1-9-10-11-12-13-14-15-16-17-20-23-32(29-40-3)42-35(39)37-33-25-24-31(28-30(33)2)36-34(38)41-26-21-18-19-22-27-45(7,8)43-44(4,5)6/h24-25,28,32H,9-23,26-27,29H2,1-8H3,(H,36,38)(H,37,39). The molecule has 10 heteroatoms. The third-order valence-electron chi connectivity index (χ3n) is 7.70. The number of carbonyl (C=O) groups is 2. The van der Waals surface area contributed by atoms with Crippen LogP contribution in [0.15, 0.2) is 18.2 Å². The Hall–Kier alpha value is -1.89. The molecule has 0 fully saturated rings. The van der Waals surface area contributed by atoms with E-state index in [0.29, 0.717) is 24.6 Å². The number of ether oxygens (including phenoxy) is 3. The number of hydrogen-bond acceptors (Lipinski definition) is 6. The van der Waals surface area contributed by atoms with Gasteiger partial charge in [0.1, 0.15) is 6.10 Å². The van der Waals surface area contributed by atoms with Gasteiger partial charge in [0.25, 0.3) is 0 Å². The van der Waals surface area contributed by atoms with Crippen LogP contribution in [-0.2, 0) is 18.3 Å². The molecule has 1 aromatic rings. The topological polar surface area (TPSA) is 95.1 Å². The molecule has 0 bridgehead atoms. The fourth-order valence-electron chi connectivity index (χ4n) is 5.60. The minimum absolute atomic E-state index is 0.280. The van der Waals surface area contributed by atoms with Crippen LogP contribution >= 0.6 is 0 Å². The number of anilines is 2. The largest absolute Gasteiger partial charge is 0.456 e. The van der Waals surface area contributed by atoms with E-state index in [1.807, 2.05) is 13.0 Å². The fraction of sp³-hybridized carbons (Fsp3) is 0.771. The molecule has 0 aromatic heterocycles. The van der Waals surface area contributed by atoms with Gasteiger partial charge in [-0.2, -0.15) is 0 Å². The average molecular weight is 667 g/mol. The Bertz CT molecular complexity index is 955. The molecule has 0 radical (unpaired) electrons. The van der Waals surface area contributed by atoms with Crippen LogP contribution in [0.5, 0.6) is 0 Å². The van der Waals surface area contributed by atoms with Gasteiger partial charge in [-0.05, 0) is 88.7 Å². The zero-order valence-electron chi connectivity index (χ0n) is 30.0. The number of benzene rings is 1. The maximum Gasteiger partial charge on any atom is 0.411 e. The van der Waals surface area contributed by atoms with Gasteiger partial charge in [0.05, 0.1) is 13.2 Å². The van der Waals surface area contributed by atoms with Gasteiger partial charge < -0.3 is 18.3 Å². The van der Waals surface area contributed by atoms with Crippen LogP contribution in [-0.4, -0.2) is 55.2 Å². The number of carbonyl (C=O) groups excluding carboxylic acids is 2. The van der Waals surface area contributed by atoms with Gasteiger partial charge >= 0.3 is 12.2 Å². The summed E-state index contributed by atoms with van der Waals surface area (Å²) in [5.74, 6) is 0. The Morgan fingerprint density at radius 2 is 1.38 bits per heavy atom. The van der Waals surface area contributed by atoms with E-state index in [9.17, 15) is 9.59 Å². The molecule has 2 amide bonds. The van der Waals surface area contributed by atoms with Crippen LogP contribution in [0.1, 0.15) is 109 Å². The third kappa shape index (κ3) is 22.3. The van der Waals surface area contributed by atoms with Gasteiger partial charge in [0, 0.05) is 18.5 Å². The molecule has 0 aliphatic heterocycles. The summed E-state index contributed by atoms with van der Waals surface area (Å²) in [4.78, 5) is 24.9. The normalized spacial score (nSPS) is 12.5. The number of nitrogens with one attached hydrogen (secondary N) is 2. The van der Waals surface area contributed by atoms with Crippen LogP contribution < -0.4 is 10.6 Å². The quantitative estimate of drug-likeness (QED) is 0.0796. The SMILES string of the molecule is CCCCCCCCCCCCC(COC)OC(=O)Nc1ccc(NC(=O)OCCCCCC[Si](C)(C)O[Si](C)(C)C)cc1C. The molecule has 1 aromatic carbocycles. The number of aryl methyl sites for hydroxylation is 1. The zero-order chi connectivity index (χ0) is 33.6. The third-order valence-corrected chi connectivity index (χ3v) is 13.9. The van der Waals surface area contributed by atoms with Gasteiger partial charge in [-0.1, -0.05) is 84.0 Å².